The van der Waals surface area contributed by atoms with Crippen LogP contribution in [-0.2, 0) is 4.79 Å². The van der Waals surface area contributed by atoms with Gasteiger partial charge in [0.1, 0.15) is 11.9 Å². The van der Waals surface area contributed by atoms with E-state index in [0.29, 0.717) is 12.3 Å². The molecule has 1 aromatic heterocycles. The Hall–Kier alpha value is -1.32. The van der Waals surface area contributed by atoms with Crippen LogP contribution in [0, 0.1) is 12.8 Å². The lowest BCUT2D eigenvalue weighted by atomic mass is 10.0. The summed E-state index contributed by atoms with van der Waals surface area (Å²) in [6.07, 6.45) is 3.98. The average Bonchev–Trinajstić information content (AvgIpc) is 2.46. The fraction of sp³-hybridized carbons (Fsp3) is 0.600. The van der Waals surface area contributed by atoms with Crippen LogP contribution in [0.25, 0.3) is 0 Å². The molecule has 1 rings (SSSR count). The van der Waals surface area contributed by atoms with E-state index in [9.17, 15) is 4.79 Å². The number of imidazole rings is 1. The highest BCUT2D eigenvalue weighted by Gasteiger charge is 2.21. The molecule has 0 aliphatic rings. The summed E-state index contributed by atoms with van der Waals surface area (Å²) in [7, 11) is 0. The topological polar surface area (TPSA) is 55.1 Å². The predicted octanol–water partition coefficient (Wildman–Crippen LogP) is 1.86. The summed E-state index contributed by atoms with van der Waals surface area (Å²) in [5.41, 5.74) is 0. The highest BCUT2D eigenvalue weighted by molar-refractivity contribution is 5.71. The molecule has 0 saturated carbocycles. The molecule has 0 unspecified atom stereocenters. The minimum Gasteiger partial charge on any atom is -0.480 e. The second-order valence-corrected chi connectivity index (χ2v) is 3.87. The van der Waals surface area contributed by atoms with Crippen molar-refractivity contribution in [1.82, 2.24) is 9.55 Å². The second kappa shape index (κ2) is 4.26. The lowest BCUT2D eigenvalue weighted by molar-refractivity contribution is -0.141. The molecule has 0 fully saturated rings. The van der Waals surface area contributed by atoms with Crippen molar-refractivity contribution in [2.45, 2.75) is 33.2 Å². The van der Waals surface area contributed by atoms with E-state index in [4.69, 9.17) is 5.11 Å². The van der Waals surface area contributed by atoms with Crippen LogP contribution in [-0.4, -0.2) is 20.6 Å². The summed E-state index contributed by atoms with van der Waals surface area (Å²) in [4.78, 5) is 15.1. The molecular formula is C10H16N2O2. The molecule has 0 saturated heterocycles. The number of carboxylic acids is 1. The van der Waals surface area contributed by atoms with Gasteiger partial charge in [0.05, 0.1) is 0 Å². The Morgan fingerprint density at radius 3 is 2.64 bits per heavy atom. The van der Waals surface area contributed by atoms with E-state index < -0.39 is 12.0 Å². The van der Waals surface area contributed by atoms with Gasteiger partial charge in [0.25, 0.3) is 0 Å². The van der Waals surface area contributed by atoms with E-state index >= 15 is 0 Å². The van der Waals surface area contributed by atoms with Gasteiger partial charge in [0.15, 0.2) is 0 Å². The number of carbonyl (C=O) groups is 1. The van der Waals surface area contributed by atoms with Crippen molar-refractivity contribution < 1.29 is 9.90 Å². The molecule has 1 N–H and O–H groups in total. The summed E-state index contributed by atoms with van der Waals surface area (Å²) < 4.78 is 1.71. The van der Waals surface area contributed by atoms with Crippen molar-refractivity contribution in [3.63, 3.8) is 0 Å². The molecule has 0 aromatic carbocycles. The maximum absolute atomic E-state index is 11.0. The molecule has 0 amide bonds. The normalized spacial score (nSPS) is 13.1. The van der Waals surface area contributed by atoms with Gasteiger partial charge in [-0.2, -0.15) is 0 Å². The van der Waals surface area contributed by atoms with Crippen LogP contribution >= 0.6 is 0 Å². The zero-order valence-electron chi connectivity index (χ0n) is 8.77. The van der Waals surface area contributed by atoms with Gasteiger partial charge in [0.2, 0.25) is 0 Å². The number of aliphatic carboxylic acids is 1. The van der Waals surface area contributed by atoms with Gasteiger partial charge in [-0.15, -0.1) is 0 Å². The third-order valence-corrected chi connectivity index (χ3v) is 2.18. The van der Waals surface area contributed by atoms with Gasteiger partial charge in [-0.05, 0) is 19.3 Å². The zero-order valence-corrected chi connectivity index (χ0v) is 8.77. The smallest absolute Gasteiger partial charge is 0.326 e. The Morgan fingerprint density at radius 2 is 2.29 bits per heavy atom. The standard InChI is InChI=1S/C10H16N2O2/c1-7(2)6-9(10(13)14)12-5-4-11-8(12)3/h4-5,7,9H,6H2,1-3H3,(H,13,14)/t9-/m1/s1. The van der Waals surface area contributed by atoms with Gasteiger partial charge < -0.3 is 9.67 Å². The fourth-order valence-electron chi connectivity index (χ4n) is 1.50. The predicted molar refractivity (Wildman–Crippen MR) is 53.1 cm³/mol. The first-order valence-corrected chi connectivity index (χ1v) is 4.74. The first-order chi connectivity index (χ1) is 6.52. The van der Waals surface area contributed by atoms with Crippen molar-refractivity contribution in [3.05, 3.63) is 18.2 Å². The van der Waals surface area contributed by atoms with Crippen molar-refractivity contribution in [1.29, 1.82) is 0 Å². The van der Waals surface area contributed by atoms with Crippen molar-refractivity contribution in [3.8, 4) is 0 Å². The summed E-state index contributed by atoms with van der Waals surface area (Å²) >= 11 is 0. The molecule has 0 aliphatic carbocycles. The first-order valence-electron chi connectivity index (χ1n) is 4.74. The van der Waals surface area contributed by atoms with E-state index in [2.05, 4.69) is 4.98 Å². The third kappa shape index (κ3) is 2.34. The number of hydrogen-bond acceptors (Lipinski definition) is 2. The maximum atomic E-state index is 11.0. The van der Waals surface area contributed by atoms with E-state index in [1.807, 2.05) is 20.8 Å². The number of hydrogen-bond donors (Lipinski definition) is 1. The Morgan fingerprint density at radius 1 is 1.64 bits per heavy atom. The Kier molecular flexibility index (Phi) is 3.28. The van der Waals surface area contributed by atoms with Gasteiger partial charge >= 0.3 is 5.97 Å². The zero-order chi connectivity index (χ0) is 10.7. The molecule has 0 radical (unpaired) electrons. The maximum Gasteiger partial charge on any atom is 0.326 e. The Bertz CT molecular complexity index is 318. The van der Waals surface area contributed by atoms with Crippen LogP contribution in [0.2, 0.25) is 0 Å². The van der Waals surface area contributed by atoms with Crippen molar-refractivity contribution >= 4 is 5.97 Å². The monoisotopic (exact) mass is 196 g/mol. The van der Waals surface area contributed by atoms with Gasteiger partial charge in [-0.25, -0.2) is 9.78 Å². The quantitative estimate of drug-likeness (QED) is 0.799. The van der Waals surface area contributed by atoms with E-state index in [1.165, 1.54) is 0 Å². The molecule has 4 nitrogen and oxygen atoms in total. The molecule has 0 bridgehead atoms. The number of aryl methyl sites for hydroxylation is 1. The van der Waals surface area contributed by atoms with Gasteiger partial charge in [-0.1, -0.05) is 13.8 Å². The highest BCUT2D eigenvalue weighted by atomic mass is 16.4. The fourth-order valence-corrected chi connectivity index (χ4v) is 1.50. The van der Waals surface area contributed by atoms with Crippen LogP contribution in [0.15, 0.2) is 12.4 Å². The largest absolute Gasteiger partial charge is 0.480 e. The number of aromatic nitrogens is 2. The van der Waals surface area contributed by atoms with Crippen LogP contribution in [0.1, 0.15) is 32.1 Å². The third-order valence-electron chi connectivity index (χ3n) is 2.18. The van der Waals surface area contributed by atoms with Crippen LogP contribution in [0.5, 0.6) is 0 Å². The SMILES string of the molecule is Cc1nccn1[C@H](CC(C)C)C(=O)O. The molecular weight excluding hydrogens is 180 g/mol. The van der Waals surface area contributed by atoms with Crippen LogP contribution in [0.4, 0.5) is 0 Å². The summed E-state index contributed by atoms with van der Waals surface area (Å²) in [6.45, 7) is 5.85. The molecule has 78 valence electrons. The lowest BCUT2D eigenvalue weighted by Crippen LogP contribution is -2.21. The molecule has 0 spiro atoms. The van der Waals surface area contributed by atoms with Crippen LogP contribution < -0.4 is 0 Å². The molecule has 1 heterocycles. The summed E-state index contributed by atoms with van der Waals surface area (Å²) in [6, 6.07) is -0.488. The van der Waals surface area contributed by atoms with Crippen molar-refractivity contribution in [2.75, 3.05) is 0 Å². The van der Waals surface area contributed by atoms with E-state index in [0.717, 1.165) is 5.82 Å². The minimum absolute atomic E-state index is 0.359. The number of carboxylic acid groups (broad SMARTS) is 1. The number of rotatable bonds is 4. The summed E-state index contributed by atoms with van der Waals surface area (Å²) in [5, 5.41) is 9.07. The van der Waals surface area contributed by atoms with Crippen molar-refractivity contribution in [2.24, 2.45) is 5.92 Å². The molecule has 4 heteroatoms. The number of nitrogens with zero attached hydrogens (tertiary/aromatic N) is 2. The second-order valence-electron chi connectivity index (χ2n) is 3.87. The first kappa shape index (κ1) is 10.8. The molecule has 1 aromatic rings. The van der Waals surface area contributed by atoms with E-state index in [1.54, 1.807) is 17.0 Å². The lowest BCUT2D eigenvalue weighted by Gasteiger charge is -2.17. The minimum atomic E-state index is -0.792. The van der Waals surface area contributed by atoms with E-state index in [-0.39, 0.29) is 0 Å². The molecule has 14 heavy (non-hydrogen) atoms. The van der Waals surface area contributed by atoms with Crippen LogP contribution in [0.3, 0.4) is 0 Å². The Labute approximate surface area is 83.6 Å². The van der Waals surface area contributed by atoms with Gasteiger partial charge in [0, 0.05) is 12.4 Å². The summed E-state index contributed by atoms with van der Waals surface area (Å²) in [5.74, 6) is 0.316. The van der Waals surface area contributed by atoms with Gasteiger partial charge in [-0.3, -0.25) is 0 Å². The average molecular weight is 196 g/mol. The molecule has 0 aliphatic heterocycles. The molecule has 1 atom stereocenters. The Balaban J connectivity index is 2.89. The highest BCUT2D eigenvalue weighted by Crippen LogP contribution is 2.19.